The zero-order chi connectivity index (χ0) is 16.9. The molecule has 0 aliphatic carbocycles. The van der Waals surface area contributed by atoms with Crippen LogP contribution < -0.4 is 4.74 Å². The van der Waals surface area contributed by atoms with Crippen LogP contribution in [0.2, 0.25) is 0 Å². The van der Waals surface area contributed by atoms with Crippen molar-refractivity contribution in [3.05, 3.63) is 89.2 Å². The van der Waals surface area contributed by atoms with Gasteiger partial charge in [0.25, 0.3) is 0 Å². The van der Waals surface area contributed by atoms with Gasteiger partial charge in [-0.05, 0) is 47.4 Å². The first-order chi connectivity index (χ1) is 11.7. The Labute approximate surface area is 141 Å². The molecule has 0 atom stereocenters. The van der Waals surface area contributed by atoms with Crippen LogP contribution in [-0.4, -0.2) is 5.11 Å². The summed E-state index contributed by atoms with van der Waals surface area (Å²) in [6.07, 6.45) is 0. The number of rotatable bonds is 5. The maximum atomic E-state index is 14.1. The SMILES string of the molecule is Cc1cc(-c2cccc(OCc3ccccc3)c2)cc(F)c1CO. The number of hydrogen-bond donors (Lipinski definition) is 1. The molecule has 24 heavy (non-hydrogen) atoms. The molecule has 0 radical (unpaired) electrons. The predicted molar refractivity (Wildman–Crippen MR) is 93.3 cm³/mol. The molecule has 0 aliphatic heterocycles. The smallest absolute Gasteiger partial charge is 0.129 e. The second kappa shape index (κ2) is 7.28. The normalized spacial score (nSPS) is 10.6. The molecule has 0 aromatic heterocycles. The van der Waals surface area contributed by atoms with Crippen molar-refractivity contribution >= 4 is 0 Å². The van der Waals surface area contributed by atoms with Crippen molar-refractivity contribution in [3.8, 4) is 16.9 Å². The lowest BCUT2D eigenvalue weighted by molar-refractivity contribution is 0.275. The maximum Gasteiger partial charge on any atom is 0.129 e. The highest BCUT2D eigenvalue weighted by molar-refractivity contribution is 5.66. The molecule has 2 nitrogen and oxygen atoms in total. The van der Waals surface area contributed by atoms with Gasteiger partial charge in [0, 0.05) is 5.56 Å². The van der Waals surface area contributed by atoms with E-state index in [1.165, 1.54) is 6.07 Å². The molecule has 3 rings (SSSR count). The molecule has 3 heteroatoms. The summed E-state index contributed by atoms with van der Waals surface area (Å²) in [5.41, 5.74) is 3.83. The summed E-state index contributed by atoms with van der Waals surface area (Å²) in [7, 11) is 0. The summed E-state index contributed by atoms with van der Waals surface area (Å²) >= 11 is 0. The lowest BCUT2D eigenvalue weighted by atomic mass is 9.99. The van der Waals surface area contributed by atoms with Gasteiger partial charge in [0.1, 0.15) is 18.2 Å². The fourth-order valence-electron chi connectivity index (χ4n) is 2.65. The van der Waals surface area contributed by atoms with Crippen LogP contribution in [-0.2, 0) is 13.2 Å². The molecule has 0 saturated heterocycles. The van der Waals surface area contributed by atoms with E-state index >= 15 is 0 Å². The highest BCUT2D eigenvalue weighted by atomic mass is 19.1. The van der Waals surface area contributed by atoms with Crippen LogP contribution in [0.4, 0.5) is 4.39 Å². The Hall–Kier alpha value is -2.65. The van der Waals surface area contributed by atoms with Gasteiger partial charge >= 0.3 is 0 Å². The number of hydrogen-bond acceptors (Lipinski definition) is 2. The van der Waals surface area contributed by atoms with E-state index < -0.39 is 0 Å². The molecule has 1 N–H and O–H groups in total. The average Bonchev–Trinajstić information content (AvgIpc) is 2.61. The second-order valence-electron chi connectivity index (χ2n) is 5.71. The van der Waals surface area contributed by atoms with Crippen LogP contribution in [0.5, 0.6) is 5.75 Å². The lowest BCUT2D eigenvalue weighted by Gasteiger charge is -2.11. The Morgan fingerprint density at radius 2 is 1.71 bits per heavy atom. The predicted octanol–water partition coefficient (Wildman–Crippen LogP) is 4.87. The molecule has 0 amide bonds. The molecule has 3 aromatic carbocycles. The van der Waals surface area contributed by atoms with Gasteiger partial charge in [-0.25, -0.2) is 4.39 Å². The third kappa shape index (κ3) is 3.63. The van der Waals surface area contributed by atoms with Crippen LogP contribution in [0.3, 0.4) is 0 Å². The number of halogens is 1. The summed E-state index contributed by atoms with van der Waals surface area (Å²) < 4.78 is 19.9. The summed E-state index contributed by atoms with van der Waals surface area (Å²) in [6, 6.07) is 20.9. The Morgan fingerprint density at radius 3 is 2.42 bits per heavy atom. The van der Waals surface area contributed by atoms with Gasteiger partial charge in [0.15, 0.2) is 0 Å². The molecule has 122 valence electrons. The zero-order valence-corrected chi connectivity index (χ0v) is 13.5. The topological polar surface area (TPSA) is 29.5 Å². The van der Waals surface area contributed by atoms with Gasteiger partial charge in [-0.2, -0.15) is 0 Å². The van der Waals surface area contributed by atoms with E-state index in [-0.39, 0.29) is 12.4 Å². The maximum absolute atomic E-state index is 14.1. The van der Waals surface area contributed by atoms with E-state index in [1.54, 1.807) is 6.92 Å². The minimum Gasteiger partial charge on any atom is -0.489 e. The Bertz CT molecular complexity index is 805. The first kappa shape index (κ1) is 16.2. The summed E-state index contributed by atoms with van der Waals surface area (Å²) in [5.74, 6) is 0.351. The van der Waals surface area contributed by atoms with Crippen LogP contribution in [0.15, 0.2) is 66.7 Å². The van der Waals surface area contributed by atoms with Crippen molar-refractivity contribution in [2.75, 3.05) is 0 Å². The molecule has 0 spiro atoms. The second-order valence-corrected chi connectivity index (χ2v) is 5.71. The number of ether oxygens (including phenoxy) is 1. The van der Waals surface area contributed by atoms with Gasteiger partial charge in [0.05, 0.1) is 6.61 Å². The lowest BCUT2D eigenvalue weighted by Crippen LogP contribution is -1.97. The van der Waals surface area contributed by atoms with Gasteiger partial charge < -0.3 is 9.84 Å². The minimum atomic E-state index is -0.386. The van der Waals surface area contributed by atoms with E-state index in [4.69, 9.17) is 4.74 Å². The van der Waals surface area contributed by atoms with Crippen molar-refractivity contribution < 1.29 is 14.2 Å². The summed E-state index contributed by atoms with van der Waals surface area (Å²) in [5, 5.41) is 9.22. The zero-order valence-electron chi connectivity index (χ0n) is 13.5. The average molecular weight is 322 g/mol. The van der Waals surface area contributed by atoms with Crippen molar-refractivity contribution in [2.45, 2.75) is 20.1 Å². The molecular formula is C21H19FO2. The van der Waals surface area contributed by atoms with Gasteiger partial charge in [-0.15, -0.1) is 0 Å². The Kier molecular flexibility index (Phi) is 4.92. The quantitative estimate of drug-likeness (QED) is 0.726. The van der Waals surface area contributed by atoms with Crippen LogP contribution in [0.1, 0.15) is 16.7 Å². The molecule has 0 bridgehead atoms. The van der Waals surface area contributed by atoms with Gasteiger partial charge in [0.2, 0.25) is 0 Å². The van der Waals surface area contributed by atoms with E-state index in [1.807, 2.05) is 60.7 Å². The standard InChI is InChI=1S/C21H19FO2/c1-15-10-18(12-21(22)20(15)13-23)17-8-5-9-19(11-17)24-14-16-6-3-2-4-7-16/h2-12,23H,13-14H2,1H3. The largest absolute Gasteiger partial charge is 0.489 e. The van der Waals surface area contributed by atoms with Gasteiger partial charge in [-0.3, -0.25) is 0 Å². The number of benzene rings is 3. The van der Waals surface area contributed by atoms with E-state index in [2.05, 4.69) is 0 Å². The highest BCUT2D eigenvalue weighted by Crippen LogP contribution is 2.28. The number of aliphatic hydroxyl groups is 1. The number of aryl methyl sites for hydroxylation is 1. The minimum absolute atomic E-state index is 0.293. The van der Waals surface area contributed by atoms with Crippen molar-refractivity contribution in [1.82, 2.24) is 0 Å². The van der Waals surface area contributed by atoms with Crippen molar-refractivity contribution in [1.29, 1.82) is 0 Å². The van der Waals surface area contributed by atoms with Crippen molar-refractivity contribution in [2.24, 2.45) is 0 Å². The highest BCUT2D eigenvalue weighted by Gasteiger charge is 2.09. The molecule has 0 heterocycles. The molecule has 0 aliphatic rings. The molecule has 0 unspecified atom stereocenters. The first-order valence-electron chi connectivity index (χ1n) is 7.84. The molecule has 0 saturated carbocycles. The van der Waals surface area contributed by atoms with Crippen molar-refractivity contribution in [3.63, 3.8) is 0 Å². The van der Waals surface area contributed by atoms with Gasteiger partial charge in [-0.1, -0.05) is 48.5 Å². The fraction of sp³-hybridized carbons (Fsp3) is 0.143. The first-order valence-corrected chi connectivity index (χ1v) is 7.84. The molecular weight excluding hydrogens is 303 g/mol. The van der Waals surface area contributed by atoms with E-state index in [0.717, 1.165) is 28.0 Å². The monoisotopic (exact) mass is 322 g/mol. The third-order valence-electron chi connectivity index (χ3n) is 3.99. The molecule has 0 fully saturated rings. The van der Waals surface area contributed by atoms with E-state index in [0.29, 0.717) is 12.2 Å². The summed E-state index contributed by atoms with van der Waals surface area (Å²) in [6.45, 7) is 1.99. The Balaban J connectivity index is 1.83. The fourth-order valence-corrected chi connectivity index (χ4v) is 2.65. The van der Waals surface area contributed by atoms with E-state index in [9.17, 15) is 9.50 Å². The molecule has 3 aromatic rings. The van der Waals surface area contributed by atoms with Crippen LogP contribution in [0.25, 0.3) is 11.1 Å². The van der Waals surface area contributed by atoms with Crippen LogP contribution in [0, 0.1) is 12.7 Å². The Morgan fingerprint density at radius 1 is 0.917 bits per heavy atom. The van der Waals surface area contributed by atoms with Crippen LogP contribution >= 0.6 is 0 Å². The summed E-state index contributed by atoms with van der Waals surface area (Å²) in [4.78, 5) is 0. The number of aliphatic hydroxyl groups excluding tert-OH is 1. The third-order valence-corrected chi connectivity index (χ3v) is 3.99.